The summed E-state index contributed by atoms with van der Waals surface area (Å²) in [5.74, 6) is 1.61. The van der Waals surface area contributed by atoms with Gasteiger partial charge >= 0.3 is 0 Å². The van der Waals surface area contributed by atoms with Gasteiger partial charge in [0, 0.05) is 12.2 Å². The van der Waals surface area contributed by atoms with Crippen molar-refractivity contribution >= 4 is 11.6 Å². The Hall–Kier alpha value is -1.39. The third kappa shape index (κ3) is 4.55. The molecule has 4 nitrogen and oxygen atoms in total. The van der Waals surface area contributed by atoms with Gasteiger partial charge < -0.3 is 11.1 Å². The number of carbonyl (C=O) groups is 1. The van der Waals surface area contributed by atoms with Crippen molar-refractivity contribution in [1.29, 1.82) is 0 Å². The summed E-state index contributed by atoms with van der Waals surface area (Å²) in [6, 6.07) is 7.71. The second kappa shape index (κ2) is 7.57. The number of nitrogens with one attached hydrogen (secondary N) is 1. The number of amides is 1. The highest BCUT2D eigenvalue weighted by Crippen LogP contribution is 2.24. The first-order valence-electron chi connectivity index (χ1n) is 7.90. The number of carbonyl (C=O) groups excluding carboxylic acids is 1. The number of benzene rings is 1. The molecule has 1 aromatic rings. The Morgan fingerprint density at radius 1 is 1.33 bits per heavy atom. The molecule has 1 fully saturated rings. The first kappa shape index (κ1) is 16.0. The fraction of sp³-hybridized carbons (Fsp3) is 0.588. The van der Waals surface area contributed by atoms with Crippen LogP contribution in [0.2, 0.25) is 0 Å². The van der Waals surface area contributed by atoms with Gasteiger partial charge in [-0.15, -0.1) is 0 Å². The van der Waals surface area contributed by atoms with Crippen molar-refractivity contribution in [3.63, 3.8) is 0 Å². The number of rotatable bonds is 5. The molecule has 3 N–H and O–H groups in total. The van der Waals surface area contributed by atoms with Gasteiger partial charge in [0.15, 0.2) is 0 Å². The summed E-state index contributed by atoms with van der Waals surface area (Å²) < 4.78 is 0. The first-order valence-corrected chi connectivity index (χ1v) is 7.90. The lowest BCUT2D eigenvalue weighted by molar-refractivity contribution is -0.117. The summed E-state index contributed by atoms with van der Waals surface area (Å²) in [6.45, 7) is 7.54. The van der Waals surface area contributed by atoms with Crippen LogP contribution < -0.4 is 11.1 Å². The van der Waals surface area contributed by atoms with E-state index in [2.05, 4.69) is 24.1 Å². The highest BCUT2D eigenvalue weighted by molar-refractivity contribution is 5.93. The molecular weight excluding hydrogens is 262 g/mol. The number of likely N-dealkylation sites (tertiary alicyclic amines) is 1. The van der Waals surface area contributed by atoms with Crippen molar-refractivity contribution in [2.75, 3.05) is 25.0 Å². The summed E-state index contributed by atoms with van der Waals surface area (Å²) in [4.78, 5) is 14.4. The van der Waals surface area contributed by atoms with E-state index >= 15 is 0 Å². The zero-order chi connectivity index (χ0) is 15.2. The maximum Gasteiger partial charge on any atom is 0.238 e. The maximum atomic E-state index is 12.2. The molecule has 0 spiro atoms. The minimum absolute atomic E-state index is 0.0545. The fourth-order valence-electron chi connectivity index (χ4n) is 2.99. The largest absolute Gasteiger partial charge is 0.326 e. The van der Waals surface area contributed by atoms with Gasteiger partial charge in [-0.3, -0.25) is 9.69 Å². The molecule has 0 radical (unpaired) electrons. The van der Waals surface area contributed by atoms with Crippen LogP contribution >= 0.6 is 0 Å². The topological polar surface area (TPSA) is 58.4 Å². The van der Waals surface area contributed by atoms with Crippen LogP contribution in [-0.4, -0.2) is 30.4 Å². The van der Waals surface area contributed by atoms with Gasteiger partial charge in [0.05, 0.1) is 6.54 Å². The third-order valence-corrected chi connectivity index (χ3v) is 4.45. The van der Waals surface area contributed by atoms with Crippen LogP contribution in [0.3, 0.4) is 0 Å². The summed E-state index contributed by atoms with van der Waals surface area (Å²) in [6.07, 6.45) is 2.40. The zero-order valence-corrected chi connectivity index (χ0v) is 13.1. The molecule has 21 heavy (non-hydrogen) atoms. The summed E-state index contributed by atoms with van der Waals surface area (Å²) in [7, 11) is 0. The minimum atomic E-state index is 0.0545. The molecule has 1 aromatic carbocycles. The SMILES string of the molecule is CC(C)C1CCN(CC(=O)Nc2ccccc2CN)CC1. The number of nitrogens with zero attached hydrogens (tertiary/aromatic N) is 1. The summed E-state index contributed by atoms with van der Waals surface area (Å²) in [5.41, 5.74) is 7.50. The van der Waals surface area contributed by atoms with Crippen LogP contribution in [0.4, 0.5) is 5.69 Å². The molecule has 1 heterocycles. The Morgan fingerprint density at radius 3 is 2.62 bits per heavy atom. The van der Waals surface area contributed by atoms with E-state index in [1.807, 2.05) is 24.3 Å². The van der Waals surface area contributed by atoms with Crippen molar-refractivity contribution in [1.82, 2.24) is 4.90 Å². The molecule has 2 rings (SSSR count). The monoisotopic (exact) mass is 289 g/mol. The van der Waals surface area contributed by atoms with E-state index in [-0.39, 0.29) is 5.91 Å². The van der Waals surface area contributed by atoms with Crippen molar-refractivity contribution in [3.05, 3.63) is 29.8 Å². The summed E-state index contributed by atoms with van der Waals surface area (Å²) >= 11 is 0. The second-order valence-corrected chi connectivity index (χ2v) is 6.27. The van der Waals surface area contributed by atoms with E-state index < -0.39 is 0 Å². The molecular formula is C17H27N3O. The van der Waals surface area contributed by atoms with Gasteiger partial charge in [0.2, 0.25) is 5.91 Å². The highest BCUT2D eigenvalue weighted by atomic mass is 16.2. The van der Waals surface area contributed by atoms with Crippen LogP contribution in [0.5, 0.6) is 0 Å². The predicted molar refractivity (Wildman–Crippen MR) is 87.0 cm³/mol. The Kier molecular flexibility index (Phi) is 5.76. The van der Waals surface area contributed by atoms with Gasteiger partial charge in [-0.2, -0.15) is 0 Å². The number of nitrogens with two attached hydrogens (primary N) is 1. The summed E-state index contributed by atoms with van der Waals surface area (Å²) in [5, 5.41) is 2.98. The van der Waals surface area contributed by atoms with E-state index in [0.29, 0.717) is 13.1 Å². The molecule has 1 aliphatic heterocycles. The van der Waals surface area contributed by atoms with Crippen molar-refractivity contribution < 1.29 is 4.79 Å². The van der Waals surface area contributed by atoms with E-state index in [1.165, 1.54) is 12.8 Å². The Balaban J connectivity index is 1.83. The highest BCUT2D eigenvalue weighted by Gasteiger charge is 2.22. The smallest absolute Gasteiger partial charge is 0.238 e. The maximum absolute atomic E-state index is 12.2. The molecule has 0 atom stereocenters. The van der Waals surface area contributed by atoms with Gasteiger partial charge in [-0.1, -0.05) is 32.0 Å². The van der Waals surface area contributed by atoms with Crippen molar-refractivity contribution in [2.45, 2.75) is 33.2 Å². The first-order chi connectivity index (χ1) is 10.1. The van der Waals surface area contributed by atoms with E-state index in [0.717, 1.165) is 36.2 Å². The number of hydrogen-bond donors (Lipinski definition) is 2. The van der Waals surface area contributed by atoms with E-state index in [9.17, 15) is 4.79 Å². The van der Waals surface area contributed by atoms with Crippen LogP contribution in [0.15, 0.2) is 24.3 Å². The molecule has 0 bridgehead atoms. The minimum Gasteiger partial charge on any atom is -0.326 e. The number of para-hydroxylation sites is 1. The number of anilines is 1. The van der Waals surface area contributed by atoms with Crippen LogP contribution in [-0.2, 0) is 11.3 Å². The molecule has 1 amide bonds. The van der Waals surface area contributed by atoms with Gasteiger partial charge in [-0.05, 0) is 49.4 Å². The molecule has 4 heteroatoms. The van der Waals surface area contributed by atoms with Gasteiger partial charge in [-0.25, -0.2) is 0 Å². The van der Waals surface area contributed by atoms with Crippen LogP contribution in [0.25, 0.3) is 0 Å². The Labute approximate surface area is 127 Å². The lowest BCUT2D eigenvalue weighted by Gasteiger charge is -2.33. The van der Waals surface area contributed by atoms with Crippen molar-refractivity contribution in [3.8, 4) is 0 Å². The number of piperidine rings is 1. The molecule has 0 aromatic heterocycles. The Bertz CT molecular complexity index is 465. The molecule has 0 saturated carbocycles. The second-order valence-electron chi connectivity index (χ2n) is 6.27. The van der Waals surface area contributed by atoms with E-state index in [4.69, 9.17) is 5.73 Å². The van der Waals surface area contributed by atoms with Crippen LogP contribution in [0.1, 0.15) is 32.3 Å². The Morgan fingerprint density at radius 2 is 2.00 bits per heavy atom. The van der Waals surface area contributed by atoms with Crippen molar-refractivity contribution in [2.24, 2.45) is 17.6 Å². The number of hydrogen-bond acceptors (Lipinski definition) is 3. The van der Waals surface area contributed by atoms with Gasteiger partial charge in [0.1, 0.15) is 0 Å². The lowest BCUT2D eigenvalue weighted by atomic mass is 9.87. The average Bonchev–Trinajstić information content (AvgIpc) is 2.48. The predicted octanol–water partition coefficient (Wildman–Crippen LogP) is 2.45. The molecule has 116 valence electrons. The molecule has 0 aliphatic carbocycles. The fourth-order valence-corrected chi connectivity index (χ4v) is 2.99. The lowest BCUT2D eigenvalue weighted by Crippen LogP contribution is -2.40. The molecule has 1 aliphatic rings. The zero-order valence-electron chi connectivity index (χ0n) is 13.1. The standard InChI is InChI=1S/C17H27N3O/c1-13(2)14-7-9-20(10-8-14)12-17(21)19-16-6-4-3-5-15(16)11-18/h3-6,13-14H,7-12,18H2,1-2H3,(H,19,21). The average molecular weight is 289 g/mol. The van der Waals surface area contributed by atoms with E-state index in [1.54, 1.807) is 0 Å². The molecule has 0 unspecified atom stereocenters. The normalized spacial score (nSPS) is 17.1. The van der Waals surface area contributed by atoms with Gasteiger partial charge in [0.25, 0.3) is 0 Å². The molecule has 1 saturated heterocycles. The third-order valence-electron chi connectivity index (χ3n) is 4.45. The van der Waals surface area contributed by atoms with Crippen LogP contribution in [0, 0.1) is 11.8 Å². The quantitative estimate of drug-likeness (QED) is 0.875.